The summed E-state index contributed by atoms with van der Waals surface area (Å²) in [4.78, 5) is 67.2. The maximum absolute atomic E-state index is 13.3. The monoisotopic (exact) mass is 734 g/mol. The first kappa shape index (κ1) is 44.1. The maximum atomic E-state index is 13.3. The average Bonchev–Trinajstić information content (AvgIpc) is 3.02. The molecule has 2 N–H and O–H groups in total. The molecular formula is C38H64N5O9+. The molecule has 0 bridgehead atoms. The van der Waals surface area contributed by atoms with Gasteiger partial charge >= 0.3 is 24.2 Å². The Bertz CT molecular complexity index is 1260. The highest BCUT2D eigenvalue weighted by Crippen LogP contribution is 2.18. The number of carbonyl (C=O) groups excluding carboxylic acids is 5. The van der Waals surface area contributed by atoms with Gasteiger partial charge in [-0.3, -0.25) is 4.79 Å². The third kappa shape index (κ3) is 19.0. The number of esters is 1. The molecule has 0 aliphatic carbocycles. The minimum Gasteiger partial charge on any atom is -0.456 e. The predicted octanol–water partition coefficient (Wildman–Crippen LogP) is 5.24. The van der Waals surface area contributed by atoms with Gasteiger partial charge in [0.2, 0.25) is 5.91 Å². The lowest BCUT2D eigenvalue weighted by Gasteiger charge is -2.39. The van der Waals surface area contributed by atoms with Gasteiger partial charge in [0.25, 0.3) is 0 Å². The Morgan fingerprint density at radius 1 is 0.654 bits per heavy atom. The lowest BCUT2D eigenvalue weighted by molar-refractivity contribution is -0.921. The van der Waals surface area contributed by atoms with E-state index in [0.717, 1.165) is 5.56 Å². The fourth-order valence-corrected chi connectivity index (χ4v) is 5.73. The number of carbonyl (C=O) groups is 5. The Kier molecular flexibility index (Phi) is 17.2. The van der Waals surface area contributed by atoms with E-state index < -0.39 is 35.1 Å². The topological polar surface area (TPSA) is 153 Å². The number of nitrogens with one attached hydrogen (secondary N) is 2. The number of benzene rings is 1. The lowest BCUT2D eigenvalue weighted by atomic mass is 10.1. The Hall–Kier alpha value is -4.07. The number of nitrogens with zero attached hydrogens (tertiary/aromatic N) is 3. The molecule has 14 nitrogen and oxygen atoms in total. The normalized spacial score (nSPS) is 13.9. The first-order chi connectivity index (χ1) is 24.2. The van der Waals surface area contributed by atoms with Gasteiger partial charge in [0.05, 0.1) is 19.6 Å². The second kappa shape index (κ2) is 20.2. The number of hydrogen-bond donors (Lipinski definition) is 2. The molecule has 52 heavy (non-hydrogen) atoms. The van der Waals surface area contributed by atoms with Crippen LogP contribution in [0.15, 0.2) is 30.3 Å². The van der Waals surface area contributed by atoms with Crippen molar-refractivity contribution in [1.29, 1.82) is 0 Å². The molecule has 0 atom stereocenters. The summed E-state index contributed by atoms with van der Waals surface area (Å²) < 4.78 is 22.2. The summed E-state index contributed by atoms with van der Waals surface area (Å²) in [5.41, 5.74) is -1.04. The number of amides is 4. The van der Waals surface area contributed by atoms with Gasteiger partial charge in [-0.25, -0.2) is 19.2 Å². The van der Waals surface area contributed by atoms with Crippen LogP contribution in [0.1, 0.15) is 93.6 Å². The quantitative estimate of drug-likeness (QED) is 0.101. The molecule has 1 fully saturated rings. The molecule has 4 amide bonds. The van der Waals surface area contributed by atoms with Crippen molar-refractivity contribution in [2.75, 3.05) is 65.4 Å². The summed E-state index contributed by atoms with van der Waals surface area (Å²) in [6.07, 6.45) is 0.403. The molecule has 0 radical (unpaired) electrons. The van der Waals surface area contributed by atoms with E-state index in [4.69, 9.17) is 18.9 Å². The summed E-state index contributed by atoms with van der Waals surface area (Å²) in [7, 11) is 0. The van der Waals surface area contributed by atoms with Gasteiger partial charge in [0.1, 0.15) is 23.4 Å². The second-order valence-corrected chi connectivity index (χ2v) is 16.3. The van der Waals surface area contributed by atoms with Crippen LogP contribution in [0.25, 0.3) is 0 Å². The molecule has 0 spiro atoms. The summed E-state index contributed by atoms with van der Waals surface area (Å²) in [5, 5.41) is 5.59. The maximum Gasteiger partial charge on any atom is 0.410 e. The van der Waals surface area contributed by atoms with Crippen LogP contribution in [0.2, 0.25) is 0 Å². The highest BCUT2D eigenvalue weighted by Gasteiger charge is 2.33. The fraction of sp³-hybridized carbons (Fsp3) is 0.711. The highest BCUT2D eigenvalue weighted by atomic mass is 16.6. The van der Waals surface area contributed by atoms with E-state index in [1.54, 1.807) is 51.3 Å². The SMILES string of the molecule is CC(C)(C)OC(=O)C[N+](CCCNC(=O)OC(C)(C)C)(CCCNC(=O)OC(C)(C)C)CCCC(=O)N1CCN(C(=O)OCc2ccccc2)CC1. The van der Waals surface area contributed by atoms with Gasteiger partial charge in [0, 0.05) is 65.0 Å². The average molecular weight is 735 g/mol. The predicted molar refractivity (Wildman–Crippen MR) is 197 cm³/mol. The van der Waals surface area contributed by atoms with Crippen LogP contribution in [-0.2, 0) is 35.1 Å². The number of piperazine rings is 1. The molecule has 1 aliphatic heterocycles. The van der Waals surface area contributed by atoms with Gasteiger partial charge in [0.15, 0.2) is 6.54 Å². The van der Waals surface area contributed by atoms with Gasteiger partial charge < -0.3 is 43.9 Å². The first-order valence-corrected chi connectivity index (χ1v) is 18.4. The third-order valence-corrected chi connectivity index (χ3v) is 7.96. The van der Waals surface area contributed by atoms with Crippen molar-refractivity contribution in [3.05, 3.63) is 35.9 Å². The Labute approximate surface area is 310 Å². The molecule has 0 saturated carbocycles. The molecule has 1 aromatic carbocycles. The Balaban J connectivity index is 2.06. The molecule has 1 aromatic rings. The van der Waals surface area contributed by atoms with E-state index in [2.05, 4.69) is 10.6 Å². The molecular weight excluding hydrogens is 670 g/mol. The van der Waals surface area contributed by atoms with Crippen LogP contribution in [0, 0.1) is 0 Å². The zero-order valence-corrected chi connectivity index (χ0v) is 33.0. The summed E-state index contributed by atoms with van der Waals surface area (Å²) >= 11 is 0. The molecule has 294 valence electrons. The second-order valence-electron chi connectivity index (χ2n) is 16.3. The van der Waals surface area contributed by atoms with Crippen molar-refractivity contribution >= 4 is 30.2 Å². The molecule has 1 saturated heterocycles. The van der Waals surface area contributed by atoms with E-state index in [-0.39, 0.29) is 31.4 Å². The number of rotatable bonds is 16. The van der Waals surface area contributed by atoms with Crippen LogP contribution in [0.5, 0.6) is 0 Å². The first-order valence-electron chi connectivity index (χ1n) is 18.4. The van der Waals surface area contributed by atoms with Crippen molar-refractivity contribution in [3.63, 3.8) is 0 Å². The van der Waals surface area contributed by atoms with Gasteiger partial charge in [-0.05, 0) is 67.9 Å². The Morgan fingerprint density at radius 2 is 1.12 bits per heavy atom. The number of alkyl carbamates (subject to hydrolysis) is 2. The van der Waals surface area contributed by atoms with Crippen LogP contribution in [-0.4, -0.2) is 127 Å². The number of quaternary nitrogens is 1. The van der Waals surface area contributed by atoms with E-state index in [9.17, 15) is 24.0 Å². The molecule has 1 aliphatic rings. The van der Waals surface area contributed by atoms with Crippen molar-refractivity contribution in [3.8, 4) is 0 Å². The number of ether oxygens (including phenoxy) is 4. The smallest absolute Gasteiger partial charge is 0.410 e. The molecule has 14 heteroatoms. The largest absolute Gasteiger partial charge is 0.456 e. The van der Waals surface area contributed by atoms with Crippen LogP contribution in [0.4, 0.5) is 14.4 Å². The summed E-state index contributed by atoms with van der Waals surface area (Å²) in [5.74, 6) is -0.389. The minimum absolute atomic E-state index is 0.0224. The van der Waals surface area contributed by atoms with E-state index in [1.807, 2.05) is 51.1 Å². The zero-order chi connectivity index (χ0) is 39.0. The van der Waals surface area contributed by atoms with Gasteiger partial charge in [-0.2, -0.15) is 0 Å². The third-order valence-electron chi connectivity index (χ3n) is 7.96. The zero-order valence-electron chi connectivity index (χ0n) is 33.0. The van der Waals surface area contributed by atoms with E-state index >= 15 is 0 Å². The lowest BCUT2D eigenvalue weighted by Crippen LogP contribution is -2.55. The van der Waals surface area contributed by atoms with Crippen molar-refractivity contribution in [2.45, 2.75) is 111 Å². The Morgan fingerprint density at radius 3 is 1.60 bits per heavy atom. The van der Waals surface area contributed by atoms with Crippen LogP contribution >= 0.6 is 0 Å². The molecule has 2 rings (SSSR count). The van der Waals surface area contributed by atoms with E-state index in [1.165, 1.54) is 0 Å². The van der Waals surface area contributed by atoms with Crippen LogP contribution in [0.3, 0.4) is 0 Å². The summed E-state index contributed by atoms with van der Waals surface area (Å²) in [6, 6.07) is 9.48. The fourth-order valence-electron chi connectivity index (χ4n) is 5.73. The highest BCUT2D eigenvalue weighted by molar-refractivity contribution is 5.77. The van der Waals surface area contributed by atoms with Crippen molar-refractivity contribution < 1.29 is 47.4 Å². The van der Waals surface area contributed by atoms with Gasteiger partial charge in [-0.15, -0.1) is 0 Å². The number of hydrogen-bond acceptors (Lipinski definition) is 9. The van der Waals surface area contributed by atoms with Crippen molar-refractivity contribution in [1.82, 2.24) is 20.4 Å². The molecule has 0 unspecified atom stereocenters. The van der Waals surface area contributed by atoms with Crippen LogP contribution < -0.4 is 10.6 Å². The summed E-state index contributed by atoms with van der Waals surface area (Å²) in [6.45, 7) is 20.2. The van der Waals surface area contributed by atoms with E-state index in [0.29, 0.717) is 82.6 Å². The molecule has 1 heterocycles. The van der Waals surface area contributed by atoms with Crippen molar-refractivity contribution in [2.24, 2.45) is 0 Å². The molecule has 0 aromatic heterocycles. The standard InChI is InChI=1S/C38H63N5O9/c1-36(2,3)50-32(45)28-43(26-14-19-39-33(46)51-37(4,5)6,27-15-20-40-34(47)52-38(7,8)9)25-13-18-31(44)41-21-23-42(24-22-41)35(48)49-29-30-16-11-10-12-17-30/h10-12,16-17H,13-15,18-29H2,1-9H3,(H-,39,40,46,47)/p+1. The minimum atomic E-state index is -0.685. The van der Waals surface area contributed by atoms with Gasteiger partial charge in [-0.1, -0.05) is 30.3 Å².